The van der Waals surface area contributed by atoms with E-state index in [1.165, 1.54) is 36.9 Å². The normalized spacial score (nSPS) is 14.3. The molecule has 18 heavy (non-hydrogen) atoms. The SMILES string of the molecule is CCC(C)(CCCc1ccccc1)c1ccc[nH]1. The van der Waals surface area contributed by atoms with Crippen LogP contribution in [-0.4, -0.2) is 4.98 Å². The van der Waals surface area contributed by atoms with Crippen molar-refractivity contribution in [3.8, 4) is 0 Å². The molecule has 96 valence electrons. The van der Waals surface area contributed by atoms with Crippen LogP contribution in [0.15, 0.2) is 48.7 Å². The second-order valence-electron chi connectivity index (χ2n) is 5.34. The van der Waals surface area contributed by atoms with Crippen molar-refractivity contribution in [1.82, 2.24) is 4.98 Å². The number of hydrogen-bond acceptors (Lipinski definition) is 0. The number of H-pyrrole nitrogens is 1. The number of rotatable bonds is 6. The summed E-state index contributed by atoms with van der Waals surface area (Å²) in [6.07, 6.45) is 6.87. The second kappa shape index (κ2) is 5.90. The molecule has 2 rings (SSSR count). The van der Waals surface area contributed by atoms with Crippen LogP contribution in [0.4, 0.5) is 0 Å². The zero-order valence-electron chi connectivity index (χ0n) is 11.4. The third-order valence-corrected chi connectivity index (χ3v) is 4.07. The van der Waals surface area contributed by atoms with Crippen LogP contribution in [0.3, 0.4) is 0 Å². The first-order chi connectivity index (χ1) is 8.74. The molecule has 0 aliphatic rings. The molecule has 0 saturated heterocycles. The van der Waals surface area contributed by atoms with Gasteiger partial charge in [0.05, 0.1) is 0 Å². The van der Waals surface area contributed by atoms with Gasteiger partial charge in [0, 0.05) is 17.3 Å². The van der Waals surface area contributed by atoms with Crippen LogP contribution in [0.5, 0.6) is 0 Å². The molecule has 0 bridgehead atoms. The second-order valence-corrected chi connectivity index (χ2v) is 5.34. The fraction of sp³-hybridized carbons (Fsp3) is 0.412. The fourth-order valence-electron chi connectivity index (χ4n) is 2.54. The zero-order chi connectivity index (χ0) is 12.8. The van der Waals surface area contributed by atoms with Crippen molar-refractivity contribution in [2.45, 2.75) is 44.9 Å². The van der Waals surface area contributed by atoms with E-state index in [-0.39, 0.29) is 5.41 Å². The lowest BCUT2D eigenvalue weighted by Gasteiger charge is -2.27. The number of aryl methyl sites for hydroxylation is 1. The molecule has 0 saturated carbocycles. The number of aromatic nitrogens is 1. The molecular weight excluding hydrogens is 218 g/mol. The molecule has 1 aromatic carbocycles. The molecule has 1 aromatic heterocycles. The Labute approximate surface area is 110 Å². The van der Waals surface area contributed by atoms with E-state index in [1.807, 2.05) is 6.20 Å². The summed E-state index contributed by atoms with van der Waals surface area (Å²) in [5, 5.41) is 0. The van der Waals surface area contributed by atoms with Gasteiger partial charge >= 0.3 is 0 Å². The number of aromatic amines is 1. The Kier molecular flexibility index (Phi) is 4.24. The maximum atomic E-state index is 3.38. The number of nitrogens with one attached hydrogen (secondary N) is 1. The van der Waals surface area contributed by atoms with Gasteiger partial charge in [-0.25, -0.2) is 0 Å². The summed E-state index contributed by atoms with van der Waals surface area (Å²) in [5.41, 5.74) is 3.11. The first kappa shape index (κ1) is 12.9. The number of hydrogen-bond donors (Lipinski definition) is 1. The van der Waals surface area contributed by atoms with Crippen LogP contribution in [0.2, 0.25) is 0 Å². The highest BCUT2D eigenvalue weighted by molar-refractivity contribution is 5.17. The van der Waals surface area contributed by atoms with Gasteiger partial charge in [0.25, 0.3) is 0 Å². The molecule has 1 unspecified atom stereocenters. The Morgan fingerprint density at radius 1 is 1.06 bits per heavy atom. The Hall–Kier alpha value is -1.50. The Morgan fingerprint density at radius 3 is 2.44 bits per heavy atom. The van der Waals surface area contributed by atoms with Gasteiger partial charge in [0.1, 0.15) is 0 Å². The predicted molar refractivity (Wildman–Crippen MR) is 77.8 cm³/mol. The van der Waals surface area contributed by atoms with Crippen molar-refractivity contribution in [1.29, 1.82) is 0 Å². The van der Waals surface area contributed by atoms with Crippen LogP contribution >= 0.6 is 0 Å². The van der Waals surface area contributed by atoms with E-state index < -0.39 is 0 Å². The highest BCUT2D eigenvalue weighted by atomic mass is 14.7. The summed E-state index contributed by atoms with van der Waals surface area (Å²) >= 11 is 0. The van der Waals surface area contributed by atoms with Gasteiger partial charge in [-0.1, -0.05) is 44.2 Å². The minimum absolute atomic E-state index is 0.290. The molecule has 1 heterocycles. The first-order valence-corrected chi connectivity index (χ1v) is 6.92. The number of benzene rings is 1. The molecular formula is C17H23N. The lowest BCUT2D eigenvalue weighted by molar-refractivity contribution is 0.396. The maximum absolute atomic E-state index is 3.38. The standard InChI is InChI=1S/C17H23N/c1-3-17(2,16-12-8-14-18-16)13-7-11-15-9-5-4-6-10-15/h4-6,8-10,12,14,18H,3,7,11,13H2,1-2H3. The van der Waals surface area contributed by atoms with Crippen molar-refractivity contribution in [3.05, 3.63) is 59.9 Å². The van der Waals surface area contributed by atoms with E-state index in [0.29, 0.717) is 0 Å². The van der Waals surface area contributed by atoms with E-state index in [4.69, 9.17) is 0 Å². The molecule has 0 radical (unpaired) electrons. The minimum atomic E-state index is 0.290. The molecule has 0 spiro atoms. The zero-order valence-corrected chi connectivity index (χ0v) is 11.4. The topological polar surface area (TPSA) is 15.8 Å². The smallest absolute Gasteiger partial charge is 0.0207 e. The summed E-state index contributed by atoms with van der Waals surface area (Å²) in [7, 11) is 0. The lowest BCUT2D eigenvalue weighted by Crippen LogP contribution is -2.21. The lowest BCUT2D eigenvalue weighted by atomic mass is 9.79. The van der Waals surface area contributed by atoms with Crippen molar-refractivity contribution in [2.75, 3.05) is 0 Å². The average Bonchev–Trinajstić information content (AvgIpc) is 2.94. The molecule has 1 heteroatoms. The quantitative estimate of drug-likeness (QED) is 0.754. The largest absolute Gasteiger partial charge is 0.365 e. The maximum Gasteiger partial charge on any atom is 0.0207 e. The predicted octanol–water partition coefficient (Wildman–Crippen LogP) is 4.71. The first-order valence-electron chi connectivity index (χ1n) is 6.92. The van der Waals surface area contributed by atoms with Gasteiger partial charge < -0.3 is 4.98 Å². The van der Waals surface area contributed by atoms with E-state index in [0.717, 1.165) is 0 Å². The van der Waals surface area contributed by atoms with E-state index in [9.17, 15) is 0 Å². The summed E-state index contributed by atoms with van der Waals surface area (Å²) in [6, 6.07) is 15.1. The van der Waals surface area contributed by atoms with Gasteiger partial charge in [-0.15, -0.1) is 0 Å². The summed E-state index contributed by atoms with van der Waals surface area (Å²) in [5.74, 6) is 0. The molecule has 1 nitrogen and oxygen atoms in total. The monoisotopic (exact) mass is 241 g/mol. The van der Waals surface area contributed by atoms with Crippen LogP contribution < -0.4 is 0 Å². The molecule has 0 aliphatic carbocycles. The van der Waals surface area contributed by atoms with Crippen molar-refractivity contribution < 1.29 is 0 Å². The molecule has 0 fully saturated rings. The minimum Gasteiger partial charge on any atom is -0.365 e. The van der Waals surface area contributed by atoms with Crippen LogP contribution in [0, 0.1) is 0 Å². The third kappa shape index (κ3) is 3.04. The van der Waals surface area contributed by atoms with Gasteiger partial charge in [0.2, 0.25) is 0 Å². The van der Waals surface area contributed by atoms with Gasteiger partial charge in [-0.2, -0.15) is 0 Å². The average molecular weight is 241 g/mol. The Bertz CT molecular complexity index is 444. The molecule has 1 atom stereocenters. The van der Waals surface area contributed by atoms with E-state index in [1.54, 1.807) is 0 Å². The Morgan fingerprint density at radius 2 is 1.83 bits per heavy atom. The molecule has 2 aromatic rings. The third-order valence-electron chi connectivity index (χ3n) is 4.07. The summed E-state index contributed by atoms with van der Waals surface area (Å²) in [6.45, 7) is 4.65. The van der Waals surface area contributed by atoms with Gasteiger partial charge in [0.15, 0.2) is 0 Å². The van der Waals surface area contributed by atoms with Gasteiger partial charge in [-0.3, -0.25) is 0 Å². The Balaban J connectivity index is 1.92. The van der Waals surface area contributed by atoms with Crippen LogP contribution in [0.25, 0.3) is 0 Å². The molecule has 1 N–H and O–H groups in total. The fourth-order valence-corrected chi connectivity index (χ4v) is 2.54. The van der Waals surface area contributed by atoms with E-state index in [2.05, 4.69) is 61.3 Å². The van der Waals surface area contributed by atoms with Crippen molar-refractivity contribution >= 4 is 0 Å². The van der Waals surface area contributed by atoms with Crippen LogP contribution in [0.1, 0.15) is 44.4 Å². The van der Waals surface area contributed by atoms with Gasteiger partial charge in [-0.05, 0) is 43.4 Å². The van der Waals surface area contributed by atoms with Crippen LogP contribution in [-0.2, 0) is 11.8 Å². The molecule has 0 aliphatic heterocycles. The molecule has 0 amide bonds. The highest BCUT2D eigenvalue weighted by Gasteiger charge is 2.24. The highest BCUT2D eigenvalue weighted by Crippen LogP contribution is 2.31. The van der Waals surface area contributed by atoms with Crippen molar-refractivity contribution in [2.24, 2.45) is 0 Å². The summed E-state index contributed by atoms with van der Waals surface area (Å²) in [4.78, 5) is 3.38. The summed E-state index contributed by atoms with van der Waals surface area (Å²) < 4.78 is 0. The van der Waals surface area contributed by atoms with Crippen molar-refractivity contribution in [3.63, 3.8) is 0 Å². The van der Waals surface area contributed by atoms with E-state index >= 15 is 0 Å².